The lowest BCUT2D eigenvalue weighted by Crippen LogP contribution is -2.25. The quantitative estimate of drug-likeness (QED) is 0.617. The molecule has 2 rings (SSSR count). The Morgan fingerprint density at radius 1 is 1.43 bits per heavy atom. The topological polar surface area (TPSA) is 20.3 Å². The van der Waals surface area contributed by atoms with Crippen molar-refractivity contribution in [3.8, 4) is 0 Å². The Bertz CT molecular complexity index is 357. The maximum Gasteiger partial charge on any atom is 0.223 e. The summed E-state index contributed by atoms with van der Waals surface area (Å²) in [6.45, 7) is 4.54. The van der Waals surface area contributed by atoms with Gasteiger partial charge >= 0.3 is 0 Å². The number of amides is 1. The number of carbonyl (C=O) groups excluding carboxylic acids is 1. The molecule has 1 aromatic carbocycles. The largest absolute Gasteiger partial charge is 0.312 e. The van der Waals surface area contributed by atoms with Gasteiger partial charge < -0.3 is 4.90 Å². The van der Waals surface area contributed by atoms with E-state index in [1.807, 2.05) is 11.0 Å². The summed E-state index contributed by atoms with van der Waals surface area (Å²) < 4.78 is 0. The van der Waals surface area contributed by atoms with Gasteiger partial charge in [-0.25, -0.2) is 0 Å². The molecular formula is C12H17NO. The Hall–Kier alpha value is -1.31. The Labute approximate surface area is 85.5 Å². The summed E-state index contributed by atoms with van der Waals surface area (Å²) in [5.74, 6) is 0.141. The van der Waals surface area contributed by atoms with Crippen molar-refractivity contribution in [2.24, 2.45) is 0 Å². The van der Waals surface area contributed by atoms with Gasteiger partial charge in [0, 0.05) is 19.2 Å². The van der Waals surface area contributed by atoms with Crippen molar-refractivity contribution >= 4 is 11.6 Å². The highest BCUT2D eigenvalue weighted by molar-refractivity contribution is 5.93. The minimum atomic E-state index is 0. The lowest BCUT2D eigenvalue weighted by molar-refractivity contribution is -0.116. The third-order valence-electron chi connectivity index (χ3n) is 2.51. The number of anilines is 1. The van der Waals surface area contributed by atoms with Crippen LogP contribution in [0.2, 0.25) is 0 Å². The fourth-order valence-corrected chi connectivity index (χ4v) is 1.86. The highest BCUT2D eigenvalue weighted by Gasteiger charge is 2.21. The molecule has 0 spiro atoms. The molecule has 0 N–H and O–H groups in total. The summed E-state index contributed by atoms with van der Waals surface area (Å²) in [6, 6.07) is 6.26. The Morgan fingerprint density at radius 2 is 2.14 bits per heavy atom. The van der Waals surface area contributed by atoms with E-state index in [0.29, 0.717) is 0 Å². The van der Waals surface area contributed by atoms with Gasteiger partial charge in [-0.3, -0.25) is 4.79 Å². The van der Waals surface area contributed by atoms with Crippen molar-refractivity contribution < 1.29 is 4.79 Å². The number of rotatable bonds is 0. The van der Waals surface area contributed by atoms with E-state index in [4.69, 9.17) is 0 Å². The molecular weight excluding hydrogens is 174 g/mol. The summed E-state index contributed by atoms with van der Waals surface area (Å²) in [4.78, 5) is 13.1. The molecule has 14 heavy (non-hydrogen) atoms. The molecule has 0 aromatic heterocycles. The van der Waals surface area contributed by atoms with Gasteiger partial charge in [0.25, 0.3) is 0 Å². The maximum absolute atomic E-state index is 11.2. The molecule has 0 bridgehead atoms. The van der Waals surface area contributed by atoms with Crippen LogP contribution in [0, 0.1) is 6.92 Å². The molecule has 0 aliphatic carbocycles. The Kier molecular flexibility index (Phi) is 2.94. The molecule has 1 aromatic rings. The van der Waals surface area contributed by atoms with Crippen LogP contribution in [0.4, 0.5) is 5.69 Å². The number of nitrogens with zero attached hydrogens (tertiary/aromatic N) is 1. The molecule has 76 valence electrons. The summed E-state index contributed by atoms with van der Waals surface area (Å²) >= 11 is 0. The summed E-state index contributed by atoms with van der Waals surface area (Å²) in [6.07, 6.45) is 0.997. The van der Waals surface area contributed by atoms with Crippen LogP contribution in [0.25, 0.3) is 0 Å². The van der Waals surface area contributed by atoms with Crippen molar-refractivity contribution in [1.82, 2.24) is 0 Å². The second-order valence-corrected chi connectivity index (χ2v) is 3.55. The first-order chi connectivity index (χ1) is 6.18. The fraction of sp³-hybridized carbons (Fsp3) is 0.417. The van der Waals surface area contributed by atoms with E-state index in [9.17, 15) is 4.79 Å². The standard InChI is InChI=1S/C11H13NO.CH4/c1-8-3-4-11-10(7-8)5-6-12(11)9(2)13;/h3-4,7H,5-6H2,1-2H3;1H4. The van der Waals surface area contributed by atoms with Crippen molar-refractivity contribution in [2.45, 2.75) is 27.7 Å². The van der Waals surface area contributed by atoms with Crippen molar-refractivity contribution in [2.75, 3.05) is 11.4 Å². The molecule has 0 fully saturated rings. The van der Waals surface area contributed by atoms with Gasteiger partial charge in [-0.1, -0.05) is 25.1 Å². The van der Waals surface area contributed by atoms with E-state index in [1.54, 1.807) is 6.92 Å². The van der Waals surface area contributed by atoms with Gasteiger partial charge in [0.15, 0.2) is 0 Å². The van der Waals surface area contributed by atoms with Gasteiger partial charge in [0.05, 0.1) is 0 Å². The zero-order valence-corrected chi connectivity index (χ0v) is 8.00. The van der Waals surface area contributed by atoms with Crippen LogP contribution >= 0.6 is 0 Å². The van der Waals surface area contributed by atoms with Crippen molar-refractivity contribution in [1.29, 1.82) is 0 Å². The highest BCUT2D eigenvalue weighted by atomic mass is 16.2. The minimum absolute atomic E-state index is 0. The van der Waals surface area contributed by atoms with Gasteiger partial charge in [0.1, 0.15) is 0 Å². The van der Waals surface area contributed by atoms with Crippen molar-refractivity contribution in [3.63, 3.8) is 0 Å². The van der Waals surface area contributed by atoms with Crippen molar-refractivity contribution in [3.05, 3.63) is 29.3 Å². The molecule has 1 aliphatic heterocycles. The normalized spacial score (nSPS) is 13.4. The first-order valence-corrected chi connectivity index (χ1v) is 4.56. The van der Waals surface area contributed by atoms with Crippen LogP contribution in [-0.2, 0) is 11.2 Å². The smallest absolute Gasteiger partial charge is 0.223 e. The fourth-order valence-electron chi connectivity index (χ4n) is 1.86. The van der Waals surface area contributed by atoms with E-state index >= 15 is 0 Å². The number of carbonyl (C=O) groups is 1. The molecule has 1 aliphatic rings. The average molecular weight is 191 g/mol. The van der Waals surface area contributed by atoms with Crippen LogP contribution in [0.5, 0.6) is 0 Å². The highest BCUT2D eigenvalue weighted by Crippen LogP contribution is 2.28. The molecule has 0 atom stereocenters. The molecule has 1 heterocycles. The summed E-state index contributed by atoms with van der Waals surface area (Å²) in [5.41, 5.74) is 3.66. The molecule has 2 heteroatoms. The van der Waals surface area contributed by atoms with Gasteiger partial charge in [0.2, 0.25) is 5.91 Å². The van der Waals surface area contributed by atoms with E-state index in [-0.39, 0.29) is 13.3 Å². The lowest BCUT2D eigenvalue weighted by Gasteiger charge is -2.14. The van der Waals surface area contributed by atoms with Crippen LogP contribution in [0.1, 0.15) is 25.5 Å². The molecule has 0 radical (unpaired) electrons. The van der Waals surface area contributed by atoms with Crippen LogP contribution in [-0.4, -0.2) is 12.5 Å². The zero-order chi connectivity index (χ0) is 9.42. The molecule has 0 saturated heterocycles. The third kappa shape index (κ3) is 1.65. The third-order valence-corrected chi connectivity index (χ3v) is 2.51. The average Bonchev–Trinajstić information content (AvgIpc) is 2.46. The van der Waals surface area contributed by atoms with Gasteiger partial charge in [-0.15, -0.1) is 0 Å². The molecule has 1 amide bonds. The second kappa shape index (κ2) is 3.82. The van der Waals surface area contributed by atoms with E-state index in [2.05, 4.69) is 19.1 Å². The second-order valence-electron chi connectivity index (χ2n) is 3.55. The number of hydrogen-bond acceptors (Lipinski definition) is 1. The summed E-state index contributed by atoms with van der Waals surface area (Å²) in [7, 11) is 0. The SMILES string of the molecule is C.CC(=O)N1CCc2cc(C)ccc21. The monoisotopic (exact) mass is 191 g/mol. The molecule has 2 nitrogen and oxygen atoms in total. The maximum atomic E-state index is 11.2. The lowest BCUT2D eigenvalue weighted by atomic mass is 10.1. The molecule has 0 unspecified atom stereocenters. The zero-order valence-electron chi connectivity index (χ0n) is 8.00. The molecule has 0 saturated carbocycles. The predicted molar refractivity (Wildman–Crippen MR) is 59.6 cm³/mol. The Morgan fingerprint density at radius 3 is 2.79 bits per heavy atom. The van der Waals surface area contributed by atoms with Gasteiger partial charge in [-0.2, -0.15) is 0 Å². The van der Waals surface area contributed by atoms with Crippen LogP contribution < -0.4 is 4.90 Å². The van der Waals surface area contributed by atoms with Crippen LogP contribution in [0.15, 0.2) is 18.2 Å². The van der Waals surface area contributed by atoms with E-state index < -0.39 is 0 Å². The van der Waals surface area contributed by atoms with E-state index in [1.165, 1.54) is 11.1 Å². The van der Waals surface area contributed by atoms with Gasteiger partial charge in [-0.05, 0) is 25.0 Å². The van der Waals surface area contributed by atoms with Crippen LogP contribution in [0.3, 0.4) is 0 Å². The van der Waals surface area contributed by atoms with E-state index in [0.717, 1.165) is 18.7 Å². The minimum Gasteiger partial charge on any atom is -0.312 e. The number of aryl methyl sites for hydroxylation is 1. The number of benzene rings is 1. The number of fused-ring (bicyclic) bond motifs is 1. The predicted octanol–water partition coefficient (Wildman–Crippen LogP) is 2.54. The first kappa shape index (κ1) is 10.8. The Balaban J connectivity index is 0.000000980. The number of hydrogen-bond donors (Lipinski definition) is 0. The summed E-state index contributed by atoms with van der Waals surface area (Å²) in [5, 5.41) is 0. The first-order valence-electron chi connectivity index (χ1n) is 4.56.